The monoisotopic (exact) mass is 228 g/mol. The molecule has 1 amide bonds. The van der Waals surface area contributed by atoms with Crippen molar-refractivity contribution in [1.82, 2.24) is 5.32 Å². The number of rotatable bonds is 8. The smallest absolute Gasteiger partial charge is 0.239 e. The molecule has 1 saturated carbocycles. The summed E-state index contributed by atoms with van der Waals surface area (Å²) in [5.74, 6) is 0.694. The Hall–Kier alpha value is -0.610. The van der Waals surface area contributed by atoms with Crippen LogP contribution in [0.5, 0.6) is 0 Å². The van der Waals surface area contributed by atoms with Gasteiger partial charge in [0.15, 0.2) is 0 Å². The Balaban J connectivity index is 2.03. The second kappa shape index (κ2) is 6.21. The van der Waals surface area contributed by atoms with Crippen LogP contribution in [0.2, 0.25) is 0 Å². The third-order valence-corrected chi connectivity index (χ3v) is 2.87. The van der Waals surface area contributed by atoms with Crippen LogP contribution >= 0.6 is 0 Å². The molecule has 0 saturated heterocycles. The highest BCUT2D eigenvalue weighted by Gasteiger charge is 2.26. The van der Waals surface area contributed by atoms with E-state index in [1.54, 1.807) is 6.92 Å². The van der Waals surface area contributed by atoms with Crippen LogP contribution in [-0.4, -0.2) is 31.2 Å². The van der Waals surface area contributed by atoms with Crippen molar-refractivity contribution in [3.63, 3.8) is 0 Å². The van der Waals surface area contributed by atoms with E-state index in [9.17, 15) is 4.79 Å². The van der Waals surface area contributed by atoms with Gasteiger partial charge in [-0.1, -0.05) is 13.3 Å². The molecule has 4 nitrogen and oxygen atoms in total. The minimum atomic E-state index is -0.745. The fourth-order valence-corrected chi connectivity index (χ4v) is 1.61. The topological polar surface area (TPSA) is 64.4 Å². The molecule has 1 aliphatic rings. The molecule has 1 fully saturated rings. The Morgan fingerprint density at radius 2 is 2.25 bits per heavy atom. The van der Waals surface area contributed by atoms with Crippen LogP contribution in [0, 0.1) is 5.92 Å². The number of amides is 1. The van der Waals surface area contributed by atoms with E-state index in [2.05, 4.69) is 5.32 Å². The van der Waals surface area contributed by atoms with E-state index in [1.165, 1.54) is 12.8 Å². The molecule has 0 radical (unpaired) electrons. The molecule has 16 heavy (non-hydrogen) atoms. The van der Waals surface area contributed by atoms with E-state index < -0.39 is 5.54 Å². The zero-order chi connectivity index (χ0) is 12.0. The quantitative estimate of drug-likeness (QED) is 0.610. The van der Waals surface area contributed by atoms with Crippen LogP contribution in [0.4, 0.5) is 0 Å². The van der Waals surface area contributed by atoms with E-state index in [1.807, 2.05) is 6.92 Å². The summed E-state index contributed by atoms with van der Waals surface area (Å²) in [5, 5.41) is 2.81. The van der Waals surface area contributed by atoms with Crippen molar-refractivity contribution in [3.8, 4) is 0 Å². The first-order valence-electron chi connectivity index (χ1n) is 6.21. The van der Waals surface area contributed by atoms with Crippen molar-refractivity contribution in [2.24, 2.45) is 11.7 Å². The van der Waals surface area contributed by atoms with Crippen LogP contribution in [-0.2, 0) is 9.53 Å². The van der Waals surface area contributed by atoms with Gasteiger partial charge in [0.1, 0.15) is 0 Å². The lowest BCUT2D eigenvalue weighted by atomic mass is 9.97. The van der Waals surface area contributed by atoms with Gasteiger partial charge in [-0.3, -0.25) is 4.79 Å². The fourth-order valence-electron chi connectivity index (χ4n) is 1.61. The minimum Gasteiger partial charge on any atom is -0.379 e. The van der Waals surface area contributed by atoms with Gasteiger partial charge in [0, 0.05) is 13.2 Å². The molecule has 0 heterocycles. The van der Waals surface area contributed by atoms with E-state index in [0.29, 0.717) is 19.6 Å². The van der Waals surface area contributed by atoms with E-state index >= 15 is 0 Å². The first-order valence-corrected chi connectivity index (χ1v) is 6.21. The maximum Gasteiger partial charge on any atom is 0.239 e. The molecule has 0 aliphatic heterocycles. The maximum absolute atomic E-state index is 11.7. The van der Waals surface area contributed by atoms with Crippen LogP contribution in [0.1, 0.15) is 39.5 Å². The molecule has 4 heteroatoms. The maximum atomic E-state index is 11.7. The average Bonchev–Trinajstić information content (AvgIpc) is 3.00. The van der Waals surface area contributed by atoms with Crippen molar-refractivity contribution in [2.75, 3.05) is 19.8 Å². The number of carbonyl (C=O) groups excluding carboxylic acids is 1. The van der Waals surface area contributed by atoms with Gasteiger partial charge in [-0.05, 0) is 32.1 Å². The lowest BCUT2D eigenvalue weighted by Crippen LogP contribution is -2.52. The highest BCUT2D eigenvalue weighted by Crippen LogP contribution is 2.28. The predicted molar refractivity (Wildman–Crippen MR) is 64.1 cm³/mol. The SMILES string of the molecule is CCCC(C)(N)C(=O)NCCOCC1CC1. The summed E-state index contributed by atoms with van der Waals surface area (Å²) in [7, 11) is 0. The van der Waals surface area contributed by atoms with Crippen molar-refractivity contribution in [3.05, 3.63) is 0 Å². The van der Waals surface area contributed by atoms with Gasteiger partial charge in [0.05, 0.1) is 12.1 Å². The zero-order valence-corrected chi connectivity index (χ0v) is 10.4. The van der Waals surface area contributed by atoms with Gasteiger partial charge >= 0.3 is 0 Å². The van der Waals surface area contributed by atoms with Gasteiger partial charge in [0.2, 0.25) is 5.91 Å². The molecule has 0 spiro atoms. The second-order valence-electron chi connectivity index (χ2n) is 4.94. The van der Waals surface area contributed by atoms with E-state index in [0.717, 1.165) is 18.9 Å². The van der Waals surface area contributed by atoms with Crippen molar-refractivity contribution < 1.29 is 9.53 Å². The molecule has 1 unspecified atom stereocenters. The van der Waals surface area contributed by atoms with Gasteiger partial charge in [0.25, 0.3) is 0 Å². The van der Waals surface area contributed by atoms with E-state index in [-0.39, 0.29) is 5.91 Å². The summed E-state index contributed by atoms with van der Waals surface area (Å²) < 4.78 is 5.43. The largest absolute Gasteiger partial charge is 0.379 e. The first kappa shape index (κ1) is 13.5. The van der Waals surface area contributed by atoms with Crippen molar-refractivity contribution >= 4 is 5.91 Å². The zero-order valence-electron chi connectivity index (χ0n) is 10.4. The van der Waals surface area contributed by atoms with Crippen LogP contribution in [0.25, 0.3) is 0 Å². The molecule has 1 rings (SSSR count). The summed E-state index contributed by atoms with van der Waals surface area (Å²) in [4.78, 5) is 11.7. The standard InChI is InChI=1S/C12H24N2O2/c1-3-6-12(2,13)11(15)14-7-8-16-9-10-4-5-10/h10H,3-9,13H2,1-2H3,(H,14,15). The van der Waals surface area contributed by atoms with Gasteiger partial charge < -0.3 is 15.8 Å². The normalized spacial score (nSPS) is 19.2. The third-order valence-electron chi connectivity index (χ3n) is 2.87. The Kier molecular flexibility index (Phi) is 5.22. The molecule has 0 aromatic heterocycles. The average molecular weight is 228 g/mol. The third kappa shape index (κ3) is 4.94. The number of hydrogen-bond donors (Lipinski definition) is 2. The number of nitrogens with two attached hydrogens (primary N) is 1. The van der Waals surface area contributed by atoms with Crippen molar-refractivity contribution in [2.45, 2.75) is 45.1 Å². The summed E-state index contributed by atoms with van der Waals surface area (Å²) in [6, 6.07) is 0. The molecule has 0 aromatic carbocycles. The van der Waals surface area contributed by atoms with Crippen LogP contribution in [0.15, 0.2) is 0 Å². The Bertz CT molecular complexity index is 225. The Labute approximate surface area is 97.9 Å². The summed E-state index contributed by atoms with van der Waals surface area (Å²) >= 11 is 0. The van der Waals surface area contributed by atoms with Crippen molar-refractivity contribution in [1.29, 1.82) is 0 Å². The minimum absolute atomic E-state index is 0.0793. The molecular weight excluding hydrogens is 204 g/mol. The van der Waals surface area contributed by atoms with E-state index in [4.69, 9.17) is 10.5 Å². The van der Waals surface area contributed by atoms with Gasteiger partial charge in [-0.15, -0.1) is 0 Å². The summed E-state index contributed by atoms with van der Waals surface area (Å²) in [6.45, 7) is 5.78. The second-order valence-corrected chi connectivity index (χ2v) is 4.94. The predicted octanol–water partition coefficient (Wildman–Crippen LogP) is 1.05. The number of nitrogens with one attached hydrogen (secondary N) is 1. The summed E-state index contributed by atoms with van der Waals surface area (Å²) in [6.07, 6.45) is 4.22. The number of ether oxygens (including phenoxy) is 1. The first-order chi connectivity index (χ1) is 7.56. The lowest BCUT2D eigenvalue weighted by molar-refractivity contribution is -0.126. The van der Waals surface area contributed by atoms with Crippen LogP contribution in [0.3, 0.4) is 0 Å². The molecule has 94 valence electrons. The summed E-state index contributed by atoms with van der Waals surface area (Å²) in [5.41, 5.74) is 5.15. The fraction of sp³-hybridized carbons (Fsp3) is 0.917. The highest BCUT2D eigenvalue weighted by molar-refractivity contribution is 5.85. The molecule has 0 aromatic rings. The number of hydrogen-bond acceptors (Lipinski definition) is 3. The Morgan fingerprint density at radius 3 is 2.81 bits per heavy atom. The highest BCUT2D eigenvalue weighted by atomic mass is 16.5. The molecule has 1 atom stereocenters. The Morgan fingerprint density at radius 1 is 1.56 bits per heavy atom. The van der Waals surface area contributed by atoms with Gasteiger partial charge in [-0.2, -0.15) is 0 Å². The number of carbonyl (C=O) groups is 1. The lowest BCUT2D eigenvalue weighted by Gasteiger charge is -2.22. The van der Waals surface area contributed by atoms with Crippen LogP contribution < -0.4 is 11.1 Å². The molecule has 3 N–H and O–H groups in total. The molecule has 1 aliphatic carbocycles. The molecule has 0 bridgehead atoms. The molecular formula is C12H24N2O2. The van der Waals surface area contributed by atoms with Gasteiger partial charge in [-0.25, -0.2) is 0 Å².